The molecule has 0 aliphatic carbocycles. The van der Waals surface area contributed by atoms with Gasteiger partial charge in [-0.05, 0) is 37.6 Å². The van der Waals surface area contributed by atoms with Crippen LogP contribution in [0.15, 0.2) is 40.9 Å². The van der Waals surface area contributed by atoms with Gasteiger partial charge in [0.25, 0.3) is 5.89 Å². The van der Waals surface area contributed by atoms with E-state index in [1.54, 1.807) is 20.3 Å². The van der Waals surface area contributed by atoms with Gasteiger partial charge in [0, 0.05) is 43.5 Å². The molecule has 0 bridgehead atoms. The molecule has 0 unspecified atom stereocenters. The highest BCUT2D eigenvalue weighted by atomic mass is 16.5. The van der Waals surface area contributed by atoms with Crippen LogP contribution in [0.4, 0.5) is 10.5 Å². The van der Waals surface area contributed by atoms with Gasteiger partial charge in [-0.15, -0.1) is 0 Å². The molecule has 0 atom stereocenters. The first-order valence-electron chi connectivity index (χ1n) is 10.9. The van der Waals surface area contributed by atoms with Crippen molar-refractivity contribution in [2.45, 2.75) is 20.4 Å². The molecule has 1 aliphatic rings. The summed E-state index contributed by atoms with van der Waals surface area (Å²) in [5, 5.41) is 7.14. The molecule has 0 spiro atoms. The number of benzene rings is 2. The Morgan fingerprint density at radius 1 is 1.03 bits per heavy atom. The molecule has 1 aliphatic heterocycles. The molecule has 9 heteroatoms. The van der Waals surface area contributed by atoms with E-state index in [4.69, 9.17) is 14.0 Å². The first-order chi connectivity index (χ1) is 15.9. The number of urea groups is 1. The fourth-order valence-electron chi connectivity index (χ4n) is 3.82. The molecule has 2 aromatic carbocycles. The third-order valence-electron chi connectivity index (χ3n) is 5.71. The summed E-state index contributed by atoms with van der Waals surface area (Å²) in [6.07, 6.45) is 0. The molecule has 0 saturated carbocycles. The van der Waals surface area contributed by atoms with Gasteiger partial charge in [0.2, 0.25) is 0 Å². The maximum absolute atomic E-state index is 12.7. The Bertz CT molecular complexity index is 1100. The summed E-state index contributed by atoms with van der Waals surface area (Å²) in [7, 11) is 3.19. The van der Waals surface area contributed by atoms with Gasteiger partial charge >= 0.3 is 6.03 Å². The van der Waals surface area contributed by atoms with E-state index in [0.29, 0.717) is 42.8 Å². The van der Waals surface area contributed by atoms with Gasteiger partial charge < -0.3 is 24.2 Å². The third-order valence-corrected chi connectivity index (χ3v) is 5.71. The number of rotatable bonds is 6. The van der Waals surface area contributed by atoms with Crippen LogP contribution in [-0.2, 0) is 6.54 Å². The summed E-state index contributed by atoms with van der Waals surface area (Å²) in [6, 6.07) is 11.4. The maximum atomic E-state index is 12.7. The number of hydrogen-bond acceptors (Lipinski definition) is 7. The topological polar surface area (TPSA) is 93.0 Å². The minimum Gasteiger partial charge on any atom is -0.497 e. The van der Waals surface area contributed by atoms with Crippen molar-refractivity contribution >= 4 is 11.7 Å². The number of nitrogens with one attached hydrogen (secondary N) is 1. The SMILES string of the molecule is COc1cc(OC)cc(-c2nc(CN3CCN(C(=O)Nc4ccc(C)cc4C)CC3)no2)c1. The summed E-state index contributed by atoms with van der Waals surface area (Å²) >= 11 is 0. The number of amides is 2. The Morgan fingerprint density at radius 2 is 1.73 bits per heavy atom. The van der Waals surface area contributed by atoms with Crippen molar-refractivity contribution in [3.63, 3.8) is 0 Å². The lowest BCUT2D eigenvalue weighted by Crippen LogP contribution is -2.49. The van der Waals surface area contributed by atoms with Gasteiger partial charge in [-0.25, -0.2) is 4.79 Å². The molecular weight excluding hydrogens is 422 g/mol. The van der Waals surface area contributed by atoms with Gasteiger partial charge in [0.15, 0.2) is 5.82 Å². The molecular formula is C24H29N5O4. The summed E-state index contributed by atoms with van der Waals surface area (Å²) in [5.74, 6) is 2.31. The number of piperazine rings is 1. The maximum Gasteiger partial charge on any atom is 0.321 e. The van der Waals surface area contributed by atoms with Gasteiger partial charge in [0.05, 0.1) is 20.8 Å². The highest BCUT2D eigenvalue weighted by Crippen LogP contribution is 2.29. The van der Waals surface area contributed by atoms with Crippen molar-refractivity contribution in [1.82, 2.24) is 19.9 Å². The molecule has 2 amide bonds. The minimum absolute atomic E-state index is 0.0737. The lowest BCUT2D eigenvalue weighted by molar-refractivity contribution is 0.140. The Labute approximate surface area is 193 Å². The van der Waals surface area contributed by atoms with Crippen LogP contribution >= 0.6 is 0 Å². The Morgan fingerprint density at radius 3 is 2.36 bits per heavy atom. The summed E-state index contributed by atoms with van der Waals surface area (Å²) in [4.78, 5) is 21.2. The summed E-state index contributed by atoms with van der Waals surface area (Å²) in [5.41, 5.74) is 3.82. The van der Waals surface area contributed by atoms with E-state index < -0.39 is 0 Å². The highest BCUT2D eigenvalue weighted by Gasteiger charge is 2.23. The second-order valence-electron chi connectivity index (χ2n) is 8.13. The van der Waals surface area contributed by atoms with Crippen LogP contribution in [-0.4, -0.2) is 66.4 Å². The second kappa shape index (κ2) is 9.91. The lowest BCUT2D eigenvalue weighted by Gasteiger charge is -2.34. The predicted molar refractivity (Wildman–Crippen MR) is 125 cm³/mol. The number of methoxy groups -OCH3 is 2. The Kier molecular flexibility index (Phi) is 6.79. The smallest absolute Gasteiger partial charge is 0.321 e. The number of ether oxygens (including phenoxy) is 2. The number of nitrogens with zero attached hydrogens (tertiary/aromatic N) is 4. The molecule has 33 heavy (non-hydrogen) atoms. The molecule has 9 nitrogen and oxygen atoms in total. The molecule has 1 saturated heterocycles. The van der Waals surface area contributed by atoms with Gasteiger partial charge in [0.1, 0.15) is 11.5 Å². The monoisotopic (exact) mass is 451 g/mol. The van der Waals surface area contributed by atoms with E-state index in [1.807, 2.05) is 43.0 Å². The van der Waals surface area contributed by atoms with Crippen LogP contribution in [0.3, 0.4) is 0 Å². The predicted octanol–water partition coefficient (Wildman–Crippen LogP) is 3.72. The average Bonchev–Trinajstić information content (AvgIpc) is 3.29. The van der Waals surface area contributed by atoms with Crippen molar-refractivity contribution in [3.8, 4) is 23.0 Å². The van der Waals surface area contributed by atoms with Crippen molar-refractivity contribution in [1.29, 1.82) is 0 Å². The number of carbonyl (C=O) groups excluding carboxylic acids is 1. The molecule has 3 aromatic rings. The first-order valence-corrected chi connectivity index (χ1v) is 10.9. The fraction of sp³-hybridized carbons (Fsp3) is 0.375. The largest absolute Gasteiger partial charge is 0.497 e. The average molecular weight is 452 g/mol. The fourth-order valence-corrected chi connectivity index (χ4v) is 3.82. The molecule has 1 N–H and O–H groups in total. The zero-order valence-electron chi connectivity index (χ0n) is 19.4. The van der Waals surface area contributed by atoms with Crippen molar-refractivity contribution < 1.29 is 18.8 Å². The van der Waals surface area contributed by atoms with E-state index in [0.717, 1.165) is 29.9 Å². The van der Waals surface area contributed by atoms with Crippen LogP contribution in [0.25, 0.3) is 11.5 Å². The minimum atomic E-state index is -0.0737. The number of aromatic nitrogens is 2. The number of aryl methyl sites for hydroxylation is 2. The van der Waals surface area contributed by atoms with E-state index in [1.165, 1.54) is 5.56 Å². The van der Waals surface area contributed by atoms with Crippen LogP contribution in [0.1, 0.15) is 17.0 Å². The normalized spacial score (nSPS) is 14.2. The molecule has 1 aromatic heterocycles. The number of hydrogen-bond donors (Lipinski definition) is 1. The number of carbonyl (C=O) groups is 1. The highest BCUT2D eigenvalue weighted by molar-refractivity contribution is 5.90. The van der Waals surface area contributed by atoms with E-state index in [9.17, 15) is 4.79 Å². The summed E-state index contributed by atoms with van der Waals surface area (Å²) < 4.78 is 16.1. The van der Waals surface area contributed by atoms with Gasteiger partial charge in [-0.2, -0.15) is 4.98 Å². The van der Waals surface area contributed by atoms with E-state index in [2.05, 4.69) is 26.4 Å². The zero-order chi connectivity index (χ0) is 23.4. The van der Waals surface area contributed by atoms with Crippen molar-refractivity contribution in [3.05, 3.63) is 53.3 Å². The molecule has 1 fully saturated rings. The zero-order valence-corrected chi connectivity index (χ0v) is 19.4. The Balaban J connectivity index is 1.32. The van der Waals surface area contributed by atoms with Crippen LogP contribution in [0, 0.1) is 13.8 Å². The second-order valence-corrected chi connectivity index (χ2v) is 8.13. The van der Waals surface area contributed by atoms with Crippen LogP contribution in [0.2, 0.25) is 0 Å². The van der Waals surface area contributed by atoms with Crippen LogP contribution < -0.4 is 14.8 Å². The number of anilines is 1. The summed E-state index contributed by atoms with van der Waals surface area (Å²) in [6.45, 7) is 7.33. The molecule has 4 rings (SSSR count). The lowest BCUT2D eigenvalue weighted by atomic mass is 10.1. The molecule has 0 radical (unpaired) electrons. The van der Waals surface area contributed by atoms with Crippen molar-refractivity contribution in [2.75, 3.05) is 45.7 Å². The van der Waals surface area contributed by atoms with Gasteiger partial charge in [-0.1, -0.05) is 22.9 Å². The standard InChI is InChI=1S/C24H29N5O4/c1-16-5-6-21(17(2)11-16)25-24(30)29-9-7-28(8-10-29)15-22-26-23(33-27-22)18-12-19(31-3)14-20(13-18)32-4/h5-6,11-14H,7-10,15H2,1-4H3,(H,25,30). The molecule has 2 heterocycles. The van der Waals surface area contributed by atoms with Crippen LogP contribution in [0.5, 0.6) is 11.5 Å². The Hall–Kier alpha value is -3.59. The third kappa shape index (κ3) is 5.43. The van der Waals surface area contributed by atoms with E-state index >= 15 is 0 Å². The quantitative estimate of drug-likeness (QED) is 0.611. The van der Waals surface area contributed by atoms with E-state index in [-0.39, 0.29) is 6.03 Å². The van der Waals surface area contributed by atoms with Crippen molar-refractivity contribution in [2.24, 2.45) is 0 Å². The molecule has 174 valence electrons. The first kappa shape index (κ1) is 22.6. The van der Waals surface area contributed by atoms with Gasteiger partial charge in [-0.3, -0.25) is 4.90 Å².